The van der Waals surface area contributed by atoms with Crippen LogP contribution in [0.25, 0.3) is 10.9 Å². The Hall–Kier alpha value is -1.75. The lowest BCUT2D eigenvalue weighted by atomic mass is 10.1. The van der Waals surface area contributed by atoms with E-state index in [1.54, 1.807) is 6.07 Å². The molecule has 1 N–H and O–H groups in total. The van der Waals surface area contributed by atoms with Crippen molar-refractivity contribution in [1.29, 1.82) is 0 Å². The van der Waals surface area contributed by atoms with Crippen molar-refractivity contribution < 1.29 is 9.50 Å². The average Bonchev–Trinajstić information content (AvgIpc) is 2.40. The summed E-state index contributed by atoms with van der Waals surface area (Å²) in [6.45, 7) is 1.48. The molecule has 0 atom stereocenters. The van der Waals surface area contributed by atoms with E-state index in [-0.39, 0.29) is 11.9 Å². The summed E-state index contributed by atoms with van der Waals surface area (Å²) in [5.41, 5.74) is 0.355. The molecule has 0 bridgehead atoms. The zero-order chi connectivity index (χ0) is 12.5. The molecule has 1 saturated heterocycles. The fourth-order valence-electron chi connectivity index (χ4n) is 2.37. The number of hydrogen-bond acceptors (Lipinski definition) is 4. The zero-order valence-electron chi connectivity index (χ0n) is 9.88. The topological polar surface area (TPSA) is 49.2 Å². The molecule has 0 amide bonds. The van der Waals surface area contributed by atoms with Crippen molar-refractivity contribution in [3.63, 3.8) is 0 Å². The van der Waals surface area contributed by atoms with Crippen molar-refractivity contribution in [1.82, 2.24) is 9.97 Å². The second-order valence-corrected chi connectivity index (χ2v) is 4.55. The summed E-state index contributed by atoms with van der Waals surface area (Å²) in [4.78, 5) is 10.3. The van der Waals surface area contributed by atoms with Gasteiger partial charge in [-0.15, -0.1) is 0 Å². The third-order valence-electron chi connectivity index (χ3n) is 3.36. The summed E-state index contributed by atoms with van der Waals surface area (Å²) in [5.74, 6) is 0.430. The number of halogens is 1. The number of para-hydroxylation sites is 1. The summed E-state index contributed by atoms with van der Waals surface area (Å²) >= 11 is 0. The summed E-state index contributed by atoms with van der Waals surface area (Å²) in [6, 6.07) is 4.90. The minimum Gasteiger partial charge on any atom is -0.393 e. The van der Waals surface area contributed by atoms with Crippen LogP contribution in [0.2, 0.25) is 0 Å². The van der Waals surface area contributed by atoms with Crippen molar-refractivity contribution in [3.05, 3.63) is 30.3 Å². The molecule has 3 rings (SSSR count). The second-order valence-electron chi connectivity index (χ2n) is 4.55. The van der Waals surface area contributed by atoms with Crippen molar-refractivity contribution in [2.75, 3.05) is 18.0 Å². The number of aliphatic hydroxyl groups is 1. The highest BCUT2D eigenvalue weighted by Gasteiger charge is 2.20. The molecular weight excluding hydrogens is 233 g/mol. The van der Waals surface area contributed by atoms with Crippen molar-refractivity contribution >= 4 is 16.7 Å². The lowest BCUT2D eigenvalue weighted by Crippen LogP contribution is -2.36. The van der Waals surface area contributed by atoms with Gasteiger partial charge in [0.05, 0.1) is 6.10 Å². The Kier molecular flexibility index (Phi) is 2.83. The van der Waals surface area contributed by atoms with Crippen LogP contribution in [0.4, 0.5) is 10.2 Å². The van der Waals surface area contributed by atoms with E-state index in [0.29, 0.717) is 5.52 Å². The quantitative estimate of drug-likeness (QED) is 0.833. The molecule has 5 heteroatoms. The van der Waals surface area contributed by atoms with Crippen LogP contribution in [-0.4, -0.2) is 34.3 Å². The van der Waals surface area contributed by atoms with Gasteiger partial charge in [0.25, 0.3) is 0 Å². The van der Waals surface area contributed by atoms with E-state index in [4.69, 9.17) is 0 Å². The van der Waals surface area contributed by atoms with Gasteiger partial charge < -0.3 is 10.0 Å². The number of rotatable bonds is 1. The van der Waals surface area contributed by atoms with E-state index >= 15 is 0 Å². The van der Waals surface area contributed by atoms with Crippen LogP contribution in [0.1, 0.15) is 12.8 Å². The van der Waals surface area contributed by atoms with Gasteiger partial charge in [0.15, 0.2) is 0 Å². The molecule has 0 unspecified atom stereocenters. The maximum Gasteiger partial charge on any atom is 0.149 e. The third-order valence-corrected chi connectivity index (χ3v) is 3.36. The van der Waals surface area contributed by atoms with E-state index in [9.17, 15) is 9.50 Å². The van der Waals surface area contributed by atoms with Crippen LogP contribution in [0.15, 0.2) is 24.5 Å². The van der Waals surface area contributed by atoms with Crippen molar-refractivity contribution in [2.45, 2.75) is 18.9 Å². The molecule has 0 saturated carbocycles. The minimum atomic E-state index is -0.326. The van der Waals surface area contributed by atoms with Crippen LogP contribution >= 0.6 is 0 Å². The Morgan fingerprint density at radius 1 is 1.22 bits per heavy atom. The van der Waals surface area contributed by atoms with Gasteiger partial charge in [-0.3, -0.25) is 0 Å². The molecule has 1 aliphatic heterocycles. The van der Waals surface area contributed by atoms with E-state index < -0.39 is 0 Å². The Morgan fingerprint density at radius 3 is 2.78 bits per heavy atom. The fraction of sp³-hybridized carbons (Fsp3) is 0.385. The van der Waals surface area contributed by atoms with Crippen molar-refractivity contribution in [3.8, 4) is 0 Å². The molecule has 2 heterocycles. The Balaban J connectivity index is 2.04. The minimum absolute atomic E-state index is 0.230. The lowest BCUT2D eigenvalue weighted by Gasteiger charge is -2.31. The molecule has 2 aromatic rings. The summed E-state index contributed by atoms with van der Waals surface area (Å²) in [5, 5.41) is 10.2. The molecule has 94 valence electrons. The van der Waals surface area contributed by atoms with Crippen LogP contribution in [0.5, 0.6) is 0 Å². The Bertz CT molecular complexity index is 567. The summed E-state index contributed by atoms with van der Waals surface area (Å²) in [6.07, 6.45) is 2.61. The van der Waals surface area contributed by atoms with Gasteiger partial charge in [0.2, 0.25) is 0 Å². The smallest absolute Gasteiger partial charge is 0.149 e. The molecule has 18 heavy (non-hydrogen) atoms. The first kappa shape index (κ1) is 11.3. The van der Waals surface area contributed by atoms with Gasteiger partial charge in [-0.2, -0.15) is 0 Å². The Labute approximate surface area is 104 Å². The number of anilines is 1. The third kappa shape index (κ3) is 1.90. The van der Waals surface area contributed by atoms with Crippen LogP contribution in [0.3, 0.4) is 0 Å². The normalized spacial score (nSPS) is 17.3. The molecule has 0 radical (unpaired) electrons. The predicted molar refractivity (Wildman–Crippen MR) is 66.9 cm³/mol. The average molecular weight is 247 g/mol. The number of benzene rings is 1. The molecule has 1 aromatic carbocycles. The molecule has 1 fully saturated rings. The number of piperidine rings is 1. The highest BCUT2D eigenvalue weighted by atomic mass is 19.1. The zero-order valence-corrected chi connectivity index (χ0v) is 9.88. The van der Waals surface area contributed by atoms with Crippen LogP contribution in [-0.2, 0) is 0 Å². The maximum absolute atomic E-state index is 13.6. The molecule has 0 spiro atoms. The monoisotopic (exact) mass is 247 g/mol. The number of aliphatic hydroxyl groups excluding tert-OH is 1. The van der Waals surface area contributed by atoms with E-state index in [2.05, 4.69) is 14.9 Å². The van der Waals surface area contributed by atoms with Gasteiger partial charge in [-0.1, -0.05) is 6.07 Å². The van der Waals surface area contributed by atoms with Crippen LogP contribution in [0, 0.1) is 5.82 Å². The summed E-state index contributed by atoms with van der Waals surface area (Å²) < 4.78 is 13.6. The van der Waals surface area contributed by atoms with Gasteiger partial charge in [0, 0.05) is 18.5 Å². The lowest BCUT2D eigenvalue weighted by molar-refractivity contribution is 0.145. The standard InChI is InChI=1S/C13H14FN3O/c14-11-3-1-2-10-12(11)15-8-16-13(10)17-6-4-9(18)5-7-17/h1-3,8-9,18H,4-7H2. The molecule has 1 aliphatic rings. The maximum atomic E-state index is 13.6. The summed E-state index contributed by atoms with van der Waals surface area (Å²) in [7, 11) is 0. The fourth-order valence-corrected chi connectivity index (χ4v) is 2.37. The van der Waals surface area contributed by atoms with Gasteiger partial charge in [-0.05, 0) is 25.0 Å². The van der Waals surface area contributed by atoms with Crippen molar-refractivity contribution in [2.24, 2.45) is 0 Å². The first-order valence-electron chi connectivity index (χ1n) is 6.08. The first-order valence-corrected chi connectivity index (χ1v) is 6.08. The van der Waals surface area contributed by atoms with E-state index in [0.717, 1.165) is 37.1 Å². The largest absolute Gasteiger partial charge is 0.393 e. The molecular formula is C13H14FN3O. The highest BCUT2D eigenvalue weighted by Crippen LogP contribution is 2.26. The second kappa shape index (κ2) is 4.49. The molecule has 0 aliphatic carbocycles. The number of nitrogens with zero attached hydrogens (tertiary/aromatic N) is 3. The first-order chi connectivity index (χ1) is 8.75. The SMILES string of the molecule is OC1CCN(c2ncnc3c(F)cccc23)CC1. The predicted octanol–water partition coefficient (Wildman–Crippen LogP) is 1.73. The van der Waals surface area contributed by atoms with E-state index in [1.165, 1.54) is 12.4 Å². The molecule has 1 aromatic heterocycles. The number of aromatic nitrogens is 2. The van der Waals surface area contributed by atoms with E-state index in [1.807, 2.05) is 6.07 Å². The van der Waals surface area contributed by atoms with Gasteiger partial charge in [-0.25, -0.2) is 14.4 Å². The van der Waals surface area contributed by atoms with Crippen LogP contribution < -0.4 is 4.90 Å². The van der Waals surface area contributed by atoms with Gasteiger partial charge >= 0.3 is 0 Å². The highest BCUT2D eigenvalue weighted by molar-refractivity contribution is 5.89. The number of hydrogen-bond donors (Lipinski definition) is 1. The molecule has 4 nitrogen and oxygen atoms in total. The van der Waals surface area contributed by atoms with Gasteiger partial charge in [0.1, 0.15) is 23.5 Å². The number of fused-ring (bicyclic) bond motifs is 1. The Morgan fingerprint density at radius 2 is 2.00 bits per heavy atom.